The summed E-state index contributed by atoms with van der Waals surface area (Å²) < 4.78 is 0. The molecule has 22 heavy (non-hydrogen) atoms. The van der Waals surface area contributed by atoms with Crippen molar-refractivity contribution in [2.75, 3.05) is 32.7 Å². The number of nitrogens with one attached hydrogen (secondary N) is 1. The normalized spacial score (nSPS) is 22.4. The standard InChI is InChI=1S/C16H24N4O.ClH/c21-16(12-15-2-1-5-18-15)20-10-8-19(9-11-20)13-14-3-6-17-7-4-14;/h3-4,6-7,15,18H,1-2,5,8-13H2;1H. The van der Waals surface area contributed by atoms with Crippen LogP contribution in [0.1, 0.15) is 24.8 Å². The lowest BCUT2D eigenvalue weighted by molar-refractivity contribution is -0.133. The SMILES string of the molecule is Cl.O=C(CC1CCCN1)N1CCN(Cc2ccncc2)CC1. The molecule has 0 saturated carbocycles. The quantitative estimate of drug-likeness (QED) is 0.906. The van der Waals surface area contributed by atoms with E-state index in [9.17, 15) is 4.79 Å². The molecule has 1 N–H and O–H groups in total. The molecule has 5 nitrogen and oxygen atoms in total. The van der Waals surface area contributed by atoms with E-state index >= 15 is 0 Å². The Labute approximate surface area is 138 Å². The van der Waals surface area contributed by atoms with Crippen LogP contribution >= 0.6 is 12.4 Å². The van der Waals surface area contributed by atoms with Crippen LogP contribution < -0.4 is 5.32 Å². The summed E-state index contributed by atoms with van der Waals surface area (Å²) in [7, 11) is 0. The minimum atomic E-state index is 0. The summed E-state index contributed by atoms with van der Waals surface area (Å²) in [6.45, 7) is 5.66. The van der Waals surface area contributed by atoms with Gasteiger partial charge in [-0.15, -0.1) is 12.4 Å². The van der Waals surface area contributed by atoms with Crippen LogP contribution in [-0.4, -0.2) is 59.5 Å². The molecule has 1 aromatic rings. The van der Waals surface area contributed by atoms with Crippen molar-refractivity contribution in [1.82, 2.24) is 20.1 Å². The Hall–Kier alpha value is -1.17. The summed E-state index contributed by atoms with van der Waals surface area (Å²) in [6, 6.07) is 4.53. The monoisotopic (exact) mass is 324 g/mol. The van der Waals surface area contributed by atoms with E-state index < -0.39 is 0 Å². The van der Waals surface area contributed by atoms with Crippen molar-refractivity contribution in [3.8, 4) is 0 Å². The number of nitrogens with zero attached hydrogens (tertiary/aromatic N) is 3. The molecular formula is C16H25ClN4O. The summed E-state index contributed by atoms with van der Waals surface area (Å²) >= 11 is 0. The lowest BCUT2D eigenvalue weighted by Gasteiger charge is -2.35. The van der Waals surface area contributed by atoms with Gasteiger partial charge in [-0.05, 0) is 37.1 Å². The molecule has 2 fully saturated rings. The average molecular weight is 325 g/mol. The summed E-state index contributed by atoms with van der Waals surface area (Å²) in [5.41, 5.74) is 1.29. The maximum absolute atomic E-state index is 12.3. The fourth-order valence-corrected chi connectivity index (χ4v) is 3.17. The minimum absolute atomic E-state index is 0. The summed E-state index contributed by atoms with van der Waals surface area (Å²) in [5, 5.41) is 3.40. The molecule has 0 radical (unpaired) electrons. The lowest BCUT2D eigenvalue weighted by Crippen LogP contribution is -2.49. The first kappa shape index (κ1) is 17.2. The first-order valence-corrected chi connectivity index (χ1v) is 7.94. The van der Waals surface area contributed by atoms with E-state index in [0.29, 0.717) is 18.4 Å². The van der Waals surface area contributed by atoms with Gasteiger partial charge in [0.15, 0.2) is 0 Å². The summed E-state index contributed by atoms with van der Waals surface area (Å²) in [4.78, 5) is 20.8. The molecule has 0 spiro atoms. The van der Waals surface area contributed by atoms with E-state index in [1.54, 1.807) is 0 Å². The van der Waals surface area contributed by atoms with E-state index in [-0.39, 0.29) is 12.4 Å². The van der Waals surface area contributed by atoms with Crippen LogP contribution in [0.25, 0.3) is 0 Å². The molecule has 2 aliphatic rings. The van der Waals surface area contributed by atoms with E-state index in [4.69, 9.17) is 0 Å². The highest BCUT2D eigenvalue weighted by Crippen LogP contribution is 2.13. The summed E-state index contributed by atoms with van der Waals surface area (Å²) in [6.07, 6.45) is 6.70. The fraction of sp³-hybridized carbons (Fsp3) is 0.625. The van der Waals surface area contributed by atoms with Gasteiger partial charge in [-0.1, -0.05) is 0 Å². The topological polar surface area (TPSA) is 48.5 Å². The minimum Gasteiger partial charge on any atom is -0.340 e. The van der Waals surface area contributed by atoms with E-state index in [1.165, 1.54) is 12.0 Å². The molecule has 0 aromatic carbocycles. The molecule has 0 bridgehead atoms. The molecule has 3 heterocycles. The second-order valence-electron chi connectivity index (χ2n) is 6.01. The predicted molar refractivity (Wildman–Crippen MR) is 89.0 cm³/mol. The van der Waals surface area contributed by atoms with E-state index in [2.05, 4.69) is 27.3 Å². The number of rotatable bonds is 4. The zero-order chi connectivity index (χ0) is 14.5. The van der Waals surface area contributed by atoms with Gasteiger partial charge >= 0.3 is 0 Å². The van der Waals surface area contributed by atoms with E-state index in [1.807, 2.05) is 17.3 Å². The van der Waals surface area contributed by atoms with Crippen molar-refractivity contribution in [2.24, 2.45) is 0 Å². The Bertz CT molecular complexity index is 456. The number of hydrogen-bond acceptors (Lipinski definition) is 4. The highest BCUT2D eigenvalue weighted by molar-refractivity contribution is 5.85. The van der Waals surface area contributed by atoms with Crippen LogP contribution in [0.3, 0.4) is 0 Å². The number of piperazine rings is 1. The Morgan fingerprint density at radius 3 is 2.59 bits per heavy atom. The van der Waals surface area contributed by atoms with Gasteiger partial charge in [0.2, 0.25) is 5.91 Å². The molecule has 1 unspecified atom stereocenters. The third-order valence-electron chi connectivity index (χ3n) is 4.46. The second kappa shape index (κ2) is 8.46. The van der Waals surface area contributed by atoms with Gasteiger partial charge in [-0.25, -0.2) is 0 Å². The molecule has 6 heteroatoms. The number of carbonyl (C=O) groups is 1. The molecular weight excluding hydrogens is 300 g/mol. The van der Waals surface area contributed by atoms with Gasteiger partial charge in [0.1, 0.15) is 0 Å². The molecule has 1 atom stereocenters. The molecule has 122 valence electrons. The largest absolute Gasteiger partial charge is 0.340 e. The average Bonchev–Trinajstić information content (AvgIpc) is 3.02. The third kappa shape index (κ3) is 4.66. The van der Waals surface area contributed by atoms with Gasteiger partial charge in [0.05, 0.1) is 0 Å². The van der Waals surface area contributed by atoms with Gasteiger partial charge in [0.25, 0.3) is 0 Å². The first-order valence-electron chi connectivity index (χ1n) is 7.94. The van der Waals surface area contributed by atoms with E-state index in [0.717, 1.165) is 45.7 Å². The van der Waals surface area contributed by atoms with Crippen LogP contribution in [0.2, 0.25) is 0 Å². The number of hydrogen-bond donors (Lipinski definition) is 1. The van der Waals surface area contributed by atoms with Crippen molar-refractivity contribution in [3.05, 3.63) is 30.1 Å². The Morgan fingerprint density at radius 2 is 1.95 bits per heavy atom. The van der Waals surface area contributed by atoms with Crippen molar-refractivity contribution >= 4 is 18.3 Å². The van der Waals surface area contributed by atoms with Crippen LogP contribution in [0.5, 0.6) is 0 Å². The maximum Gasteiger partial charge on any atom is 0.224 e. The van der Waals surface area contributed by atoms with Crippen LogP contribution in [0.4, 0.5) is 0 Å². The van der Waals surface area contributed by atoms with Crippen molar-refractivity contribution in [3.63, 3.8) is 0 Å². The molecule has 1 aromatic heterocycles. The fourth-order valence-electron chi connectivity index (χ4n) is 3.17. The van der Waals surface area contributed by atoms with Crippen molar-refractivity contribution in [1.29, 1.82) is 0 Å². The number of carbonyl (C=O) groups excluding carboxylic acids is 1. The molecule has 1 amide bonds. The van der Waals surface area contributed by atoms with Gasteiger partial charge in [0, 0.05) is 57.6 Å². The van der Waals surface area contributed by atoms with Gasteiger partial charge in [-0.2, -0.15) is 0 Å². The molecule has 2 saturated heterocycles. The highest BCUT2D eigenvalue weighted by atomic mass is 35.5. The maximum atomic E-state index is 12.3. The number of aromatic nitrogens is 1. The zero-order valence-electron chi connectivity index (χ0n) is 12.9. The van der Waals surface area contributed by atoms with Crippen LogP contribution in [0, 0.1) is 0 Å². The summed E-state index contributed by atoms with van der Waals surface area (Å²) in [5.74, 6) is 0.318. The third-order valence-corrected chi connectivity index (χ3v) is 4.46. The smallest absolute Gasteiger partial charge is 0.224 e. The second-order valence-corrected chi connectivity index (χ2v) is 6.01. The van der Waals surface area contributed by atoms with Gasteiger partial charge in [-0.3, -0.25) is 14.7 Å². The Morgan fingerprint density at radius 1 is 1.23 bits per heavy atom. The van der Waals surface area contributed by atoms with Crippen molar-refractivity contribution < 1.29 is 4.79 Å². The molecule has 3 rings (SSSR count). The van der Waals surface area contributed by atoms with Crippen LogP contribution in [0.15, 0.2) is 24.5 Å². The van der Waals surface area contributed by atoms with Gasteiger partial charge < -0.3 is 10.2 Å². The molecule has 2 aliphatic heterocycles. The van der Waals surface area contributed by atoms with Crippen molar-refractivity contribution in [2.45, 2.75) is 31.8 Å². The number of pyridine rings is 1. The predicted octanol–water partition coefficient (Wildman–Crippen LogP) is 1.29. The molecule has 0 aliphatic carbocycles. The number of amides is 1. The highest BCUT2D eigenvalue weighted by Gasteiger charge is 2.24. The number of halogens is 1. The Balaban J connectivity index is 0.00000176. The zero-order valence-corrected chi connectivity index (χ0v) is 13.7. The van der Waals surface area contributed by atoms with Crippen LogP contribution in [-0.2, 0) is 11.3 Å². The Kier molecular flexibility index (Phi) is 6.61. The first-order chi connectivity index (χ1) is 10.3. The lowest BCUT2D eigenvalue weighted by atomic mass is 10.1.